The van der Waals surface area contributed by atoms with Gasteiger partial charge in [0.2, 0.25) is 0 Å². The van der Waals surface area contributed by atoms with Crippen LogP contribution in [0.15, 0.2) is 5.10 Å². The smallest absolute Gasteiger partial charge is 0.0620 e. The maximum atomic E-state index is 8.47. The Balaban J connectivity index is 2.30. The normalized spacial score (nSPS) is 24.8. The van der Waals surface area contributed by atoms with Crippen molar-refractivity contribution in [3.63, 3.8) is 0 Å². The van der Waals surface area contributed by atoms with Crippen LogP contribution in [0.3, 0.4) is 0 Å². The summed E-state index contributed by atoms with van der Waals surface area (Å²) in [5.74, 6) is 0. The second-order valence-corrected chi connectivity index (χ2v) is 3.57. The third-order valence-electron chi connectivity index (χ3n) is 2.21. The van der Waals surface area contributed by atoms with E-state index in [0.29, 0.717) is 12.0 Å². The molecule has 0 aromatic carbocycles. The summed E-state index contributed by atoms with van der Waals surface area (Å²) in [5, 5.41) is 12.6. The molecule has 1 saturated carbocycles. The molecule has 2 N–H and O–H groups in total. The van der Waals surface area contributed by atoms with E-state index in [9.17, 15) is 0 Å². The molecule has 0 aliphatic heterocycles. The lowest BCUT2D eigenvalue weighted by atomic mass is 9.70. The van der Waals surface area contributed by atoms with Crippen LogP contribution in [-0.2, 0) is 0 Å². The van der Waals surface area contributed by atoms with Crippen LogP contribution in [0.4, 0.5) is 0 Å². The average molecular weight is 156 g/mol. The molecule has 0 aromatic heterocycles. The third-order valence-corrected chi connectivity index (χ3v) is 2.21. The molecule has 64 valence electrons. The predicted octanol–water partition coefficient (Wildman–Crippen LogP) is 0.744. The van der Waals surface area contributed by atoms with E-state index in [1.807, 2.05) is 0 Å². The zero-order chi connectivity index (χ0) is 8.32. The minimum atomic E-state index is 0.150. The molecule has 1 fully saturated rings. The van der Waals surface area contributed by atoms with Crippen LogP contribution in [0.1, 0.15) is 26.7 Å². The zero-order valence-electron chi connectivity index (χ0n) is 7.22. The quantitative estimate of drug-likeness (QED) is 0.467. The van der Waals surface area contributed by atoms with Gasteiger partial charge in [0.05, 0.1) is 13.2 Å². The fourth-order valence-corrected chi connectivity index (χ4v) is 1.15. The molecule has 1 rings (SSSR count). The Morgan fingerprint density at radius 2 is 2.36 bits per heavy atom. The van der Waals surface area contributed by atoms with Crippen molar-refractivity contribution in [2.75, 3.05) is 13.2 Å². The van der Waals surface area contributed by atoms with E-state index in [0.717, 1.165) is 6.42 Å². The van der Waals surface area contributed by atoms with Crippen LogP contribution in [0.5, 0.6) is 0 Å². The van der Waals surface area contributed by atoms with E-state index in [1.165, 1.54) is 12.1 Å². The van der Waals surface area contributed by atoms with Crippen molar-refractivity contribution in [3.05, 3.63) is 0 Å². The molecule has 0 amide bonds. The largest absolute Gasteiger partial charge is 0.394 e. The highest BCUT2D eigenvalue weighted by Crippen LogP contribution is 2.36. The maximum absolute atomic E-state index is 8.47. The molecule has 0 bridgehead atoms. The Morgan fingerprint density at radius 3 is 2.73 bits per heavy atom. The topological polar surface area (TPSA) is 44.6 Å². The standard InChI is InChI=1S/C8H16N2O/c1-8(2)4-3-7(8)10-9-5-6-11/h9,11H,3-6H2,1-2H3/b10-7+. The van der Waals surface area contributed by atoms with Crippen molar-refractivity contribution in [1.29, 1.82) is 0 Å². The molecule has 3 heteroatoms. The first-order valence-electron chi connectivity index (χ1n) is 4.07. The molecule has 0 unspecified atom stereocenters. The van der Waals surface area contributed by atoms with E-state index < -0.39 is 0 Å². The highest BCUT2D eigenvalue weighted by molar-refractivity contribution is 5.94. The van der Waals surface area contributed by atoms with E-state index in [1.54, 1.807) is 0 Å². The Morgan fingerprint density at radius 1 is 1.64 bits per heavy atom. The number of hydrazone groups is 1. The van der Waals surface area contributed by atoms with Gasteiger partial charge in [0, 0.05) is 11.1 Å². The molecular weight excluding hydrogens is 140 g/mol. The lowest BCUT2D eigenvalue weighted by molar-refractivity contribution is 0.292. The van der Waals surface area contributed by atoms with Gasteiger partial charge in [-0.1, -0.05) is 13.8 Å². The molecule has 0 saturated heterocycles. The van der Waals surface area contributed by atoms with Crippen molar-refractivity contribution >= 4 is 5.71 Å². The Hall–Kier alpha value is -0.570. The lowest BCUT2D eigenvalue weighted by Crippen LogP contribution is -2.36. The van der Waals surface area contributed by atoms with Crippen molar-refractivity contribution in [3.8, 4) is 0 Å². The summed E-state index contributed by atoms with van der Waals surface area (Å²) in [6.07, 6.45) is 2.33. The van der Waals surface area contributed by atoms with Gasteiger partial charge in [-0.15, -0.1) is 0 Å². The second kappa shape index (κ2) is 3.22. The van der Waals surface area contributed by atoms with Gasteiger partial charge >= 0.3 is 0 Å². The fraction of sp³-hybridized carbons (Fsp3) is 0.875. The van der Waals surface area contributed by atoms with E-state index in [4.69, 9.17) is 5.11 Å². The number of hydrogen-bond donors (Lipinski definition) is 2. The number of nitrogens with zero attached hydrogens (tertiary/aromatic N) is 1. The van der Waals surface area contributed by atoms with Crippen LogP contribution < -0.4 is 5.43 Å². The number of nitrogens with one attached hydrogen (secondary N) is 1. The fourth-order valence-electron chi connectivity index (χ4n) is 1.15. The monoisotopic (exact) mass is 156 g/mol. The minimum absolute atomic E-state index is 0.150. The average Bonchev–Trinajstić information content (AvgIpc) is 1.96. The van der Waals surface area contributed by atoms with E-state index >= 15 is 0 Å². The van der Waals surface area contributed by atoms with Crippen molar-refractivity contribution in [2.45, 2.75) is 26.7 Å². The summed E-state index contributed by atoms with van der Waals surface area (Å²) in [6.45, 7) is 5.09. The van der Waals surface area contributed by atoms with Gasteiger partial charge in [-0.05, 0) is 12.8 Å². The maximum Gasteiger partial charge on any atom is 0.0620 e. The first kappa shape index (κ1) is 8.53. The Kier molecular flexibility index (Phi) is 2.49. The molecule has 1 aliphatic carbocycles. The Labute approximate surface area is 67.5 Å². The number of hydrogen-bond acceptors (Lipinski definition) is 3. The molecule has 0 heterocycles. The summed E-state index contributed by atoms with van der Waals surface area (Å²) in [7, 11) is 0. The van der Waals surface area contributed by atoms with Crippen molar-refractivity contribution in [1.82, 2.24) is 5.43 Å². The predicted molar refractivity (Wildman–Crippen MR) is 45.5 cm³/mol. The van der Waals surface area contributed by atoms with Crippen LogP contribution in [-0.4, -0.2) is 24.0 Å². The third kappa shape index (κ3) is 1.93. The van der Waals surface area contributed by atoms with E-state index in [-0.39, 0.29) is 6.61 Å². The highest BCUT2D eigenvalue weighted by atomic mass is 16.3. The van der Waals surface area contributed by atoms with Crippen LogP contribution in [0.2, 0.25) is 0 Å². The number of rotatable bonds is 3. The molecule has 3 nitrogen and oxygen atoms in total. The summed E-state index contributed by atoms with van der Waals surface area (Å²) in [4.78, 5) is 0. The van der Waals surface area contributed by atoms with Gasteiger partial charge in [-0.2, -0.15) is 5.10 Å². The molecule has 0 radical (unpaired) electrons. The molecule has 1 aliphatic rings. The molecule has 0 atom stereocenters. The molecule has 11 heavy (non-hydrogen) atoms. The summed E-state index contributed by atoms with van der Waals surface area (Å²) in [5.41, 5.74) is 4.35. The van der Waals surface area contributed by atoms with Gasteiger partial charge in [0.25, 0.3) is 0 Å². The first-order valence-corrected chi connectivity index (χ1v) is 4.07. The van der Waals surface area contributed by atoms with Gasteiger partial charge in [-0.3, -0.25) is 0 Å². The SMILES string of the molecule is CC1(C)CC/C1=N\NCCO. The van der Waals surface area contributed by atoms with Crippen LogP contribution >= 0.6 is 0 Å². The summed E-state index contributed by atoms with van der Waals surface area (Å²) >= 11 is 0. The summed E-state index contributed by atoms with van der Waals surface area (Å²) < 4.78 is 0. The van der Waals surface area contributed by atoms with Crippen LogP contribution in [0, 0.1) is 5.41 Å². The first-order chi connectivity index (χ1) is 5.17. The van der Waals surface area contributed by atoms with Gasteiger partial charge in [0.1, 0.15) is 0 Å². The summed E-state index contributed by atoms with van der Waals surface area (Å²) in [6, 6.07) is 0. The highest BCUT2D eigenvalue weighted by Gasteiger charge is 2.34. The minimum Gasteiger partial charge on any atom is -0.394 e. The van der Waals surface area contributed by atoms with Crippen LogP contribution in [0.25, 0.3) is 0 Å². The van der Waals surface area contributed by atoms with Crippen molar-refractivity contribution in [2.24, 2.45) is 10.5 Å². The number of aliphatic hydroxyl groups is 1. The Bertz CT molecular complexity index is 163. The second-order valence-electron chi connectivity index (χ2n) is 3.57. The van der Waals surface area contributed by atoms with Gasteiger partial charge < -0.3 is 10.5 Å². The molecular formula is C8H16N2O. The molecule has 0 spiro atoms. The number of aliphatic hydroxyl groups excluding tert-OH is 1. The van der Waals surface area contributed by atoms with Gasteiger partial charge in [0.15, 0.2) is 0 Å². The van der Waals surface area contributed by atoms with E-state index in [2.05, 4.69) is 24.4 Å². The zero-order valence-corrected chi connectivity index (χ0v) is 7.22. The van der Waals surface area contributed by atoms with Gasteiger partial charge in [-0.25, -0.2) is 0 Å². The molecule has 0 aromatic rings. The lowest BCUT2D eigenvalue weighted by Gasteiger charge is -2.36. The van der Waals surface area contributed by atoms with Crippen molar-refractivity contribution < 1.29 is 5.11 Å².